The molecular formula is C24H20N2O6S. The van der Waals surface area contributed by atoms with Gasteiger partial charge in [-0.15, -0.1) is 0 Å². The van der Waals surface area contributed by atoms with Crippen molar-refractivity contribution in [1.82, 2.24) is 4.98 Å². The number of anilines is 1. The van der Waals surface area contributed by atoms with Crippen LogP contribution in [-0.4, -0.2) is 31.9 Å². The van der Waals surface area contributed by atoms with E-state index < -0.39 is 21.9 Å². The molecule has 2 aromatic carbocycles. The predicted octanol–water partition coefficient (Wildman–Crippen LogP) is 4.35. The van der Waals surface area contributed by atoms with Crippen LogP contribution in [0.15, 0.2) is 82.4 Å². The molecule has 9 heteroatoms. The Labute approximate surface area is 190 Å². The fourth-order valence-corrected chi connectivity index (χ4v) is 4.89. The number of esters is 1. The number of hydrogen-bond donors (Lipinski definition) is 0. The lowest BCUT2D eigenvalue weighted by atomic mass is 10.1. The minimum atomic E-state index is -4.29. The van der Waals surface area contributed by atoms with Crippen LogP contribution in [-0.2, 0) is 14.8 Å². The molecule has 1 amide bonds. The fraction of sp³-hybridized carbons (Fsp3) is 0.125. The van der Waals surface area contributed by atoms with E-state index in [0.29, 0.717) is 21.0 Å². The summed E-state index contributed by atoms with van der Waals surface area (Å²) in [6.07, 6.45) is 2.81. The van der Waals surface area contributed by atoms with Crippen molar-refractivity contribution >= 4 is 38.6 Å². The topological polar surface area (TPSA) is 107 Å². The zero-order valence-electron chi connectivity index (χ0n) is 17.9. The number of rotatable bonds is 6. The summed E-state index contributed by atoms with van der Waals surface area (Å²) in [6, 6.07) is 14.9. The minimum Gasteiger partial charge on any atom is -0.462 e. The third kappa shape index (κ3) is 4.10. The molecule has 0 aliphatic heterocycles. The monoisotopic (exact) mass is 464 g/mol. The van der Waals surface area contributed by atoms with E-state index in [1.54, 1.807) is 32.0 Å². The maximum atomic E-state index is 13.6. The van der Waals surface area contributed by atoms with Crippen LogP contribution in [0.4, 0.5) is 5.69 Å². The van der Waals surface area contributed by atoms with E-state index in [9.17, 15) is 18.0 Å². The normalized spacial score (nSPS) is 11.3. The Morgan fingerprint density at radius 3 is 2.39 bits per heavy atom. The van der Waals surface area contributed by atoms with Gasteiger partial charge in [-0.2, -0.15) is 4.31 Å². The summed E-state index contributed by atoms with van der Waals surface area (Å²) < 4.78 is 38.7. The summed E-state index contributed by atoms with van der Waals surface area (Å²) >= 11 is 0. The molecule has 0 bridgehead atoms. The van der Waals surface area contributed by atoms with E-state index >= 15 is 0 Å². The average Bonchev–Trinajstić information content (AvgIpc) is 3.15. The van der Waals surface area contributed by atoms with Gasteiger partial charge >= 0.3 is 5.97 Å². The standard InChI is InChI=1S/C24H20N2O6S/c1-3-31-24(28)22-16(2)32-21-10-9-18(15-20(21)22)26(23(27)17-11-13-25-14-12-17)33(29,30)19-7-5-4-6-8-19/h4-15H,3H2,1-2H3. The van der Waals surface area contributed by atoms with E-state index in [2.05, 4.69) is 4.98 Å². The van der Waals surface area contributed by atoms with Gasteiger partial charge < -0.3 is 9.15 Å². The number of aromatic nitrogens is 1. The van der Waals surface area contributed by atoms with Gasteiger partial charge in [0, 0.05) is 23.3 Å². The van der Waals surface area contributed by atoms with Crippen LogP contribution in [0.1, 0.15) is 33.4 Å². The molecule has 0 unspecified atom stereocenters. The molecule has 4 rings (SSSR count). The molecule has 0 radical (unpaired) electrons. The second-order valence-electron chi connectivity index (χ2n) is 7.06. The van der Waals surface area contributed by atoms with Crippen LogP contribution in [0.3, 0.4) is 0 Å². The number of ether oxygens (including phenoxy) is 1. The lowest BCUT2D eigenvalue weighted by Crippen LogP contribution is -2.37. The Balaban J connectivity index is 1.93. The van der Waals surface area contributed by atoms with Crippen molar-refractivity contribution < 1.29 is 27.2 Å². The van der Waals surface area contributed by atoms with Crippen molar-refractivity contribution in [3.63, 3.8) is 0 Å². The smallest absolute Gasteiger partial charge is 0.342 e. The number of fused-ring (bicyclic) bond motifs is 1. The van der Waals surface area contributed by atoms with Crippen molar-refractivity contribution in [2.75, 3.05) is 10.9 Å². The van der Waals surface area contributed by atoms with E-state index in [-0.39, 0.29) is 28.3 Å². The molecule has 0 N–H and O–H groups in total. The van der Waals surface area contributed by atoms with Gasteiger partial charge in [0.15, 0.2) is 0 Å². The summed E-state index contributed by atoms with van der Waals surface area (Å²) in [4.78, 5) is 29.8. The third-order valence-electron chi connectivity index (χ3n) is 4.95. The van der Waals surface area contributed by atoms with Crippen LogP contribution in [0.2, 0.25) is 0 Å². The van der Waals surface area contributed by atoms with Crippen molar-refractivity contribution in [2.45, 2.75) is 18.7 Å². The SMILES string of the molecule is CCOC(=O)c1c(C)oc2ccc(N(C(=O)c3ccncc3)S(=O)(=O)c3ccccc3)cc12. The zero-order valence-corrected chi connectivity index (χ0v) is 18.7. The Hall–Kier alpha value is -3.98. The van der Waals surface area contributed by atoms with Gasteiger partial charge in [0.2, 0.25) is 0 Å². The summed E-state index contributed by atoms with van der Waals surface area (Å²) in [5.74, 6) is -1.03. The quantitative estimate of drug-likeness (QED) is 0.391. The highest BCUT2D eigenvalue weighted by Crippen LogP contribution is 2.33. The number of furan rings is 1. The number of carbonyl (C=O) groups is 2. The fourth-order valence-electron chi connectivity index (χ4n) is 3.47. The van der Waals surface area contributed by atoms with Crippen molar-refractivity contribution in [3.8, 4) is 0 Å². The number of benzene rings is 2. The number of carbonyl (C=O) groups excluding carboxylic acids is 2. The van der Waals surface area contributed by atoms with E-state index in [1.807, 2.05) is 0 Å². The van der Waals surface area contributed by atoms with Gasteiger partial charge in [-0.25, -0.2) is 13.2 Å². The molecule has 0 spiro atoms. The highest BCUT2D eigenvalue weighted by Gasteiger charge is 2.33. The highest BCUT2D eigenvalue weighted by molar-refractivity contribution is 7.93. The number of sulfonamides is 1. The first-order valence-electron chi connectivity index (χ1n) is 10.1. The third-order valence-corrected chi connectivity index (χ3v) is 6.68. The first kappa shape index (κ1) is 22.2. The number of nitrogens with zero attached hydrogens (tertiary/aromatic N) is 2. The van der Waals surface area contributed by atoms with Crippen LogP contribution >= 0.6 is 0 Å². The number of aryl methyl sites for hydroxylation is 1. The number of pyridine rings is 1. The Morgan fingerprint density at radius 1 is 1.03 bits per heavy atom. The molecule has 4 aromatic rings. The second kappa shape index (κ2) is 8.87. The molecule has 2 heterocycles. The van der Waals surface area contributed by atoms with Crippen LogP contribution in [0.25, 0.3) is 11.0 Å². The molecule has 0 atom stereocenters. The van der Waals surface area contributed by atoms with E-state index in [1.165, 1.54) is 54.9 Å². The summed E-state index contributed by atoms with van der Waals surface area (Å²) in [7, 11) is -4.29. The Morgan fingerprint density at radius 2 is 1.73 bits per heavy atom. The summed E-state index contributed by atoms with van der Waals surface area (Å²) in [6.45, 7) is 3.47. The minimum absolute atomic E-state index is 0.0542. The second-order valence-corrected chi connectivity index (χ2v) is 8.84. The highest BCUT2D eigenvalue weighted by atomic mass is 32.2. The lowest BCUT2D eigenvalue weighted by molar-refractivity contribution is 0.0526. The number of hydrogen-bond acceptors (Lipinski definition) is 7. The van der Waals surface area contributed by atoms with E-state index in [0.717, 1.165) is 0 Å². The maximum absolute atomic E-state index is 13.6. The predicted molar refractivity (Wildman–Crippen MR) is 122 cm³/mol. The Bertz CT molecular complexity index is 1430. The van der Waals surface area contributed by atoms with Crippen LogP contribution < -0.4 is 4.31 Å². The molecule has 0 aliphatic rings. The zero-order chi connectivity index (χ0) is 23.6. The summed E-state index contributed by atoms with van der Waals surface area (Å²) in [5.41, 5.74) is 0.743. The van der Waals surface area contributed by atoms with Gasteiger partial charge in [0.05, 0.1) is 17.2 Å². The molecular weight excluding hydrogens is 444 g/mol. The average molecular weight is 464 g/mol. The van der Waals surface area contributed by atoms with Gasteiger partial charge in [-0.05, 0) is 56.3 Å². The van der Waals surface area contributed by atoms with Crippen LogP contribution in [0, 0.1) is 6.92 Å². The molecule has 2 aromatic heterocycles. The first-order chi connectivity index (χ1) is 15.8. The van der Waals surface area contributed by atoms with Gasteiger partial charge in [0.25, 0.3) is 15.9 Å². The lowest BCUT2D eigenvalue weighted by Gasteiger charge is -2.23. The molecule has 168 valence electrons. The largest absolute Gasteiger partial charge is 0.462 e. The first-order valence-corrected chi connectivity index (χ1v) is 11.5. The van der Waals surface area contributed by atoms with Gasteiger partial charge in [-0.1, -0.05) is 18.2 Å². The molecule has 0 fully saturated rings. The Kier molecular flexibility index (Phi) is 5.97. The van der Waals surface area contributed by atoms with Crippen LogP contribution in [0.5, 0.6) is 0 Å². The van der Waals surface area contributed by atoms with Gasteiger partial charge in [0.1, 0.15) is 16.9 Å². The van der Waals surface area contributed by atoms with Crippen molar-refractivity contribution in [1.29, 1.82) is 0 Å². The molecule has 0 saturated heterocycles. The molecule has 0 saturated carbocycles. The summed E-state index contributed by atoms with van der Waals surface area (Å²) in [5, 5.41) is 0.347. The maximum Gasteiger partial charge on any atom is 0.342 e. The van der Waals surface area contributed by atoms with E-state index in [4.69, 9.17) is 9.15 Å². The van der Waals surface area contributed by atoms with Crippen molar-refractivity contribution in [2.24, 2.45) is 0 Å². The molecule has 0 aliphatic carbocycles. The molecule has 8 nitrogen and oxygen atoms in total. The molecule has 33 heavy (non-hydrogen) atoms. The van der Waals surface area contributed by atoms with Crippen molar-refractivity contribution in [3.05, 3.63) is 89.9 Å². The van der Waals surface area contributed by atoms with Gasteiger partial charge in [-0.3, -0.25) is 9.78 Å². The number of amides is 1.